The molecule has 0 aliphatic carbocycles. The average Bonchev–Trinajstić information content (AvgIpc) is 3.34. The number of hydrogen-bond donors (Lipinski definition) is 1. The Morgan fingerprint density at radius 3 is 2.47 bits per heavy atom. The molecule has 0 spiro atoms. The summed E-state index contributed by atoms with van der Waals surface area (Å²) in [5.41, 5.74) is 3.23. The number of halogens is 3. The lowest BCUT2D eigenvalue weighted by atomic mass is 10.2. The number of amides is 1. The number of hydrogen-bond acceptors (Lipinski definition) is 7. The molecule has 220 valence electrons. The summed E-state index contributed by atoms with van der Waals surface area (Å²) in [5, 5.41) is 5.27. The summed E-state index contributed by atoms with van der Waals surface area (Å²) in [6.45, 7) is 0.0919. The Kier molecular flexibility index (Phi) is 8.58. The topological polar surface area (TPSA) is 122 Å². The van der Waals surface area contributed by atoms with Gasteiger partial charge in [-0.15, -0.1) is 0 Å². The zero-order valence-electron chi connectivity index (χ0n) is 23.0. The summed E-state index contributed by atoms with van der Waals surface area (Å²) >= 11 is 18.5. The van der Waals surface area contributed by atoms with Crippen molar-refractivity contribution >= 4 is 58.1 Å². The number of benzene rings is 3. The first-order valence-corrected chi connectivity index (χ1v) is 13.8. The highest BCUT2D eigenvalue weighted by Crippen LogP contribution is 2.34. The molecule has 0 atom stereocenters. The van der Waals surface area contributed by atoms with Gasteiger partial charge in [0.1, 0.15) is 0 Å². The predicted octanol–water partition coefficient (Wildman–Crippen LogP) is 5.01. The summed E-state index contributed by atoms with van der Waals surface area (Å²) < 4.78 is 15.5. The fraction of sp³-hybridized carbons (Fsp3) is 0.138. The van der Waals surface area contributed by atoms with E-state index in [0.717, 1.165) is 4.57 Å². The Labute approximate surface area is 259 Å². The lowest BCUT2D eigenvalue weighted by molar-refractivity contribution is 0.0955. The third kappa shape index (κ3) is 6.14. The maximum absolute atomic E-state index is 13.2. The van der Waals surface area contributed by atoms with Crippen LogP contribution in [0, 0.1) is 0 Å². The summed E-state index contributed by atoms with van der Waals surface area (Å²) in [5.74, 6) is 0.157. The normalized spacial score (nSPS) is 11.3. The highest BCUT2D eigenvalue weighted by atomic mass is 35.5. The minimum absolute atomic E-state index is 0.0211. The Balaban J connectivity index is 1.49. The number of ether oxygens (including phenoxy) is 2. The molecule has 0 unspecified atom stereocenters. The summed E-state index contributed by atoms with van der Waals surface area (Å²) in [4.78, 5) is 42.7. The van der Waals surface area contributed by atoms with E-state index < -0.39 is 17.2 Å². The van der Waals surface area contributed by atoms with Crippen LogP contribution in [0.1, 0.15) is 21.5 Å². The maximum Gasteiger partial charge on any atom is 0.332 e. The lowest BCUT2D eigenvalue weighted by Gasteiger charge is -2.13. The molecule has 1 N–H and O–H groups in total. The van der Waals surface area contributed by atoms with Crippen LogP contribution in [0.4, 0.5) is 0 Å². The predicted molar refractivity (Wildman–Crippen MR) is 165 cm³/mol. The molecule has 0 aliphatic rings. The molecule has 2 heterocycles. The number of fused-ring (bicyclic) bond motifs is 1. The fourth-order valence-corrected chi connectivity index (χ4v) is 4.94. The summed E-state index contributed by atoms with van der Waals surface area (Å²) in [6.07, 6.45) is 1.44. The number of aryl methyl sites for hydroxylation is 1. The van der Waals surface area contributed by atoms with Crippen molar-refractivity contribution in [2.75, 3.05) is 7.11 Å². The number of hydrazone groups is 1. The van der Waals surface area contributed by atoms with Crippen LogP contribution in [0.5, 0.6) is 17.5 Å². The zero-order valence-corrected chi connectivity index (χ0v) is 25.2. The third-order valence-electron chi connectivity index (χ3n) is 6.51. The number of nitrogens with one attached hydrogen (secondary N) is 1. The zero-order chi connectivity index (χ0) is 30.8. The Hall–Kier alpha value is -4.58. The summed E-state index contributed by atoms with van der Waals surface area (Å²) in [7, 11) is 4.36. The number of imidazole rings is 1. The second kappa shape index (κ2) is 12.3. The molecule has 0 saturated carbocycles. The van der Waals surface area contributed by atoms with Crippen LogP contribution >= 0.6 is 34.8 Å². The number of carbonyl (C=O) groups excluding carboxylic acids is 1. The second-order valence-corrected chi connectivity index (χ2v) is 10.6. The van der Waals surface area contributed by atoms with Crippen LogP contribution < -0.4 is 26.1 Å². The number of aromatic nitrogens is 4. The molecule has 43 heavy (non-hydrogen) atoms. The van der Waals surface area contributed by atoms with Gasteiger partial charge in [0.15, 0.2) is 22.7 Å². The van der Waals surface area contributed by atoms with Crippen molar-refractivity contribution in [3.05, 3.63) is 113 Å². The molecule has 0 radical (unpaired) electrons. The summed E-state index contributed by atoms with van der Waals surface area (Å²) in [6, 6.07) is 16.4. The minimum Gasteiger partial charge on any atom is -0.493 e. The van der Waals surface area contributed by atoms with E-state index in [9.17, 15) is 14.4 Å². The van der Waals surface area contributed by atoms with Crippen molar-refractivity contribution < 1.29 is 14.3 Å². The van der Waals surface area contributed by atoms with E-state index in [2.05, 4.69) is 15.5 Å². The van der Waals surface area contributed by atoms with Crippen molar-refractivity contribution in [1.29, 1.82) is 0 Å². The van der Waals surface area contributed by atoms with Crippen molar-refractivity contribution in [2.24, 2.45) is 19.2 Å². The molecule has 3 aromatic carbocycles. The molecule has 5 rings (SSSR count). The van der Waals surface area contributed by atoms with E-state index in [-0.39, 0.29) is 29.5 Å². The first-order valence-electron chi connectivity index (χ1n) is 12.6. The van der Waals surface area contributed by atoms with Gasteiger partial charge in [0.05, 0.1) is 19.9 Å². The SMILES string of the molecule is COc1cc(/C=N\NC(=O)c2cccc(Cl)c2)ccc1Oc1nc2c(c(=O)n(C)c(=O)n2C)n1Cc1ccc(Cl)cc1Cl. The number of methoxy groups -OCH3 is 1. The van der Waals surface area contributed by atoms with E-state index in [1.54, 1.807) is 54.6 Å². The van der Waals surface area contributed by atoms with Crippen LogP contribution in [0.25, 0.3) is 11.2 Å². The van der Waals surface area contributed by atoms with Crippen molar-refractivity contribution in [3.63, 3.8) is 0 Å². The maximum atomic E-state index is 13.2. The molecule has 0 bridgehead atoms. The lowest BCUT2D eigenvalue weighted by Crippen LogP contribution is -2.37. The Morgan fingerprint density at radius 2 is 1.74 bits per heavy atom. The van der Waals surface area contributed by atoms with Gasteiger partial charge in [-0.1, -0.05) is 46.9 Å². The molecule has 2 aromatic heterocycles. The molecule has 0 saturated heterocycles. The van der Waals surface area contributed by atoms with Crippen LogP contribution in [0.2, 0.25) is 15.1 Å². The van der Waals surface area contributed by atoms with Gasteiger partial charge in [0, 0.05) is 34.7 Å². The second-order valence-electron chi connectivity index (χ2n) is 9.32. The highest BCUT2D eigenvalue weighted by Gasteiger charge is 2.22. The number of carbonyl (C=O) groups is 1. The van der Waals surface area contributed by atoms with E-state index in [4.69, 9.17) is 44.3 Å². The van der Waals surface area contributed by atoms with Crippen LogP contribution in [0.15, 0.2) is 75.4 Å². The van der Waals surface area contributed by atoms with Gasteiger partial charge in [0.2, 0.25) is 0 Å². The van der Waals surface area contributed by atoms with E-state index in [0.29, 0.717) is 37.5 Å². The Morgan fingerprint density at radius 1 is 0.977 bits per heavy atom. The monoisotopic (exact) mass is 640 g/mol. The van der Waals surface area contributed by atoms with Crippen LogP contribution in [-0.4, -0.2) is 37.9 Å². The van der Waals surface area contributed by atoms with Gasteiger partial charge in [-0.2, -0.15) is 10.1 Å². The van der Waals surface area contributed by atoms with Crippen molar-refractivity contribution in [3.8, 4) is 17.5 Å². The minimum atomic E-state index is -0.552. The molecule has 0 aliphatic heterocycles. The average molecular weight is 642 g/mol. The molecule has 1 amide bonds. The Bertz CT molecular complexity index is 2030. The van der Waals surface area contributed by atoms with E-state index in [1.807, 2.05) is 0 Å². The smallest absolute Gasteiger partial charge is 0.332 e. The largest absolute Gasteiger partial charge is 0.493 e. The van der Waals surface area contributed by atoms with Crippen molar-refractivity contribution in [2.45, 2.75) is 6.54 Å². The molecular formula is C29H23Cl3N6O5. The fourth-order valence-electron chi connectivity index (χ4n) is 4.28. The van der Waals surface area contributed by atoms with E-state index in [1.165, 1.54) is 42.6 Å². The third-order valence-corrected chi connectivity index (χ3v) is 7.33. The number of rotatable bonds is 8. The van der Waals surface area contributed by atoms with Crippen molar-refractivity contribution in [1.82, 2.24) is 24.1 Å². The highest BCUT2D eigenvalue weighted by molar-refractivity contribution is 6.35. The van der Waals surface area contributed by atoms with Gasteiger partial charge in [-0.3, -0.25) is 23.3 Å². The van der Waals surface area contributed by atoms with Gasteiger partial charge >= 0.3 is 11.7 Å². The molecule has 5 aromatic rings. The molecular weight excluding hydrogens is 619 g/mol. The molecule has 11 nitrogen and oxygen atoms in total. The quantitative estimate of drug-likeness (QED) is 0.188. The van der Waals surface area contributed by atoms with Crippen LogP contribution in [-0.2, 0) is 20.6 Å². The van der Waals surface area contributed by atoms with E-state index >= 15 is 0 Å². The first kappa shape index (κ1) is 29.9. The molecule has 14 heteroatoms. The first-order chi connectivity index (χ1) is 20.6. The molecule has 0 fully saturated rings. The number of nitrogens with zero attached hydrogens (tertiary/aromatic N) is 5. The van der Waals surface area contributed by atoms with Crippen LogP contribution in [0.3, 0.4) is 0 Å². The van der Waals surface area contributed by atoms with Gasteiger partial charge in [0.25, 0.3) is 11.5 Å². The standard InChI is InChI=1S/C29H23Cl3N6O5/c1-36-25-24(27(40)37(2)29(36)41)38(15-18-8-9-20(31)13-21(18)32)28(34-25)43-22-10-7-16(11-23(22)42-3)14-33-35-26(39)17-5-4-6-19(30)12-17/h4-14H,15H2,1-3H3,(H,35,39)/b33-14-. The van der Waals surface area contributed by atoms with Gasteiger partial charge < -0.3 is 9.47 Å². The van der Waals surface area contributed by atoms with Gasteiger partial charge in [-0.05, 0) is 59.7 Å². The van der Waals surface area contributed by atoms with Gasteiger partial charge in [-0.25, -0.2) is 10.2 Å².